The molecule has 128 valence electrons. The molecule has 0 spiro atoms. The number of hydrogen-bond acceptors (Lipinski definition) is 6. The van der Waals surface area contributed by atoms with Crippen molar-refractivity contribution < 1.29 is 4.79 Å². The van der Waals surface area contributed by atoms with E-state index in [9.17, 15) is 4.79 Å². The second kappa shape index (κ2) is 6.93. The summed E-state index contributed by atoms with van der Waals surface area (Å²) in [7, 11) is 0. The van der Waals surface area contributed by atoms with Crippen LogP contribution < -0.4 is 5.32 Å². The Morgan fingerprint density at radius 2 is 1.96 bits per heavy atom. The van der Waals surface area contributed by atoms with Crippen molar-refractivity contribution in [1.82, 2.24) is 35.0 Å². The van der Waals surface area contributed by atoms with E-state index >= 15 is 0 Å². The highest BCUT2D eigenvalue weighted by Crippen LogP contribution is 2.15. The molecular formula is C17H14N8O. The maximum Gasteiger partial charge on any atom is 0.255 e. The molecule has 0 atom stereocenters. The highest BCUT2D eigenvalue weighted by Gasteiger charge is 2.07. The number of amides is 1. The predicted molar refractivity (Wildman–Crippen MR) is 92.7 cm³/mol. The fourth-order valence-corrected chi connectivity index (χ4v) is 2.47. The van der Waals surface area contributed by atoms with Gasteiger partial charge in [0.2, 0.25) is 0 Å². The van der Waals surface area contributed by atoms with Gasteiger partial charge in [0, 0.05) is 11.3 Å². The number of nitrogens with one attached hydrogen (secondary N) is 1. The van der Waals surface area contributed by atoms with Crippen molar-refractivity contribution in [3.63, 3.8) is 0 Å². The maximum absolute atomic E-state index is 12.5. The molecule has 0 unspecified atom stereocenters. The zero-order valence-electron chi connectivity index (χ0n) is 13.6. The molecule has 0 aliphatic carbocycles. The molecule has 2 heterocycles. The third-order valence-corrected chi connectivity index (χ3v) is 3.74. The van der Waals surface area contributed by atoms with Crippen LogP contribution in [0.5, 0.6) is 0 Å². The Labute approximate surface area is 148 Å². The second-order valence-electron chi connectivity index (χ2n) is 5.55. The number of carbonyl (C=O) groups excluding carboxylic acids is 1. The number of carbonyl (C=O) groups is 1. The van der Waals surface area contributed by atoms with Crippen molar-refractivity contribution in [3.05, 3.63) is 78.6 Å². The standard InChI is InChI=1S/C17H14N8O/c26-17(14-6-4-13(5-7-14)9-24-11-18-10-20-24)21-15-2-1-3-16(8-15)25-12-19-22-23-25/h1-8,10-12H,9H2,(H,21,26). The summed E-state index contributed by atoms with van der Waals surface area (Å²) in [4.78, 5) is 16.4. The van der Waals surface area contributed by atoms with Crippen LogP contribution in [0, 0.1) is 0 Å². The molecule has 0 bridgehead atoms. The summed E-state index contributed by atoms with van der Waals surface area (Å²) in [5.41, 5.74) is 3.03. The number of hydrogen-bond donors (Lipinski definition) is 1. The van der Waals surface area contributed by atoms with Gasteiger partial charge < -0.3 is 5.32 Å². The molecule has 1 N–H and O–H groups in total. The van der Waals surface area contributed by atoms with E-state index in [2.05, 4.69) is 30.9 Å². The first kappa shape index (κ1) is 15.6. The SMILES string of the molecule is O=C(Nc1cccc(-n2cnnn2)c1)c1ccc(Cn2cncn2)cc1. The average Bonchev–Trinajstić information content (AvgIpc) is 3.37. The zero-order chi connectivity index (χ0) is 17.8. The van der Waals surface area contributed by atoms with E-state index in [4.69, 9.17) is 0 Å². The first-order valence-electron chi connectivity index (χ1n) is 7.84. The van der Waals surface area contributed by atoms with Crippen molar-refractivity contribution in [3.8, 4) is 5.69 Å². The molecule has 9 nitrogen and oxygen atoms in total. The van der Waals surface area contributed by atoms with Crippen LogP contribution in [0.1, 0.15) is 15.9 Å². The van der Waals surface area contributed by atoms with Crippen molar-refractivity contribution in [2.45, 2.75) is 6.54 Å². The number of aromatic nitrogens is 7. The van der Waals surface area contributed by atoms with Crippen LogP contribution in [0.3, 0.4) is 0 Å². The van der Waals surface area contributed by atoms with Crippen molar-refractivity contribution in [1.29, 1.82) is 0 Å². The summed E-state index contributed by atoms with van der Waals surface area (Å²) in [6.07, 6.45) is 4.64. The summed E-state index contributed by atoms with van der Waals surface area (Å²) in [6.45, 7) is 0.607. The Balaban J connectivity index is 1.45. The van der Waals surface area contributed by atoms with Crippen LogP contribution in [0.15, 0.2) is 67.5 Å². The van der Waals surface area contributed by atoms with Gasteiger partial charge in [-0.2, -0.15) is 5.10 Å². The zero-order valence-corrected chi connectivity index (χ0v) is 13.6. The Morgan fingerprint density at radius 1 is 1.08 bits per heavy atom. The van der Waals surface area contributed by atoms with Gasteiger partial charge in [-0.3, -0.25) is 4.79 Å². The summed E-state index contributed by atoms with van der Waals surface area (Å²) >= 11 is 0. The lowest BCUT2D eigenvalue weighted by molar-refractivity contribution is 0.102. The molecule has 0 aliphatic rings. The van der Waals surface area contributed by atoms with Gasteiger partial charge in [-0.1, -0.05) is 18.2 Å². The second-order valence-corrected chi connectivity index (χ2v) is 5.55. The third-order valence-electron chi connectivity index (χ3n) is 3.74. The number of benzene rings is 2. The highest BCUT2D eigenvalue weighted by atomic mass is 16.1. The maximum atomic E-state index is 12.5. The van der Waals surface area contributed by atoms with Crippen LogP contribution in [0.25, 0.3) is 5.69 Å². The molecule has 2 aromatic carbocycles. The van der Waals surface area contributed by atoms with Gasteiger partial charge in [-0.15, -0.1) is 5.10 Å². The Bertz CT molecular complexity index is 994. The van der Waals surface area contributed by atoms with E-state index in [0.717, 1.165) is 11.3 Å². The fourth-order valence-electron chi connectivity index (χ4n) is 2.47. The van der Waals surface area contributed by atoms with Crippen LogP contribution in [0.4, 0.5) is 5.69 Å². The Kier molecular flexibility index (Phi) is 4.17. The Morgan fingerprint density at radius 3 is 2.69 bits per heavy atom. The molecule has 0 radical (unpaired) electrons. The van der Waals surface area contributed by atoms with Gasteiger partial charge >= 0.3 is 0 Å². The smallest absolute Gasteiger partial charge is 0.255 e. The summed E-state index contributed by atoms with van der Waals surface area (Å²) in [6, 6.07) is 14.7. The van der Waals surface area contributed by atoms with Gasteiger partial charge in [0.25, 0.3) is 5.91 Å². The molecule has 2 aromatic heterocycles. The number of nitrogens with zero attached hydrogens (tertiary/aromatic N) is 7. The first-order valence-corrected chi connectivity index (χ1v) is 7.84. The van der Waals surface area contributed by atoms with Gasteiger partial charge in [0.1, 0.15) is 19.0 Å². The van der Waals surface area contributed by atoms with Crippen LogP contribution in [-0.4, -0.2) is 40.9 Å². The van der Waals surface area contributed by atoms with Gasteiger partial charge in [-0.25, -0.2) is 14.3 Å². The predicted octanol–water partition coefficient (Wildman–Crippen LogP) is 1.55. The van der Waals surface area contributed by atoms with E-state index in [-0.39, 0.29) is 5.91 Å². The van der Waals surface area contributed by atoms with Gasteiger partial charge in [0.15, 0.2) is 0 Å². The van der Waals surface area contributed by atoms with Gasteiger partial charge in [-0.05, 0) is 46.3 Å². The molecule has 0 fully saturated rings. The molecule has 9 heteroatoms. The van der Waals surface area contributed by atoms with E-state index in [0.29, 0.717) is 17.8 Å². The lowest BCUT2D eigenvalue weighted by atomic mass is 10.1. The monoisotopic (exact) mass is 346 g/mol. The summed E-state index contributed by atoms with van der Waals surface area (Å²) in [5, 5.41) is 18.0. The Hall–Kier alpha value is -3.88. The number of rotatable bonds is 5. The number of tetrazole rings is 1. The molecule has 0 aliphatic heterocycles. The van der Waals surface area contributed by atoms with E-state index in [1.54, 1.807) is 29.2 Å². The van der Waals surface area contributed by atoms with Crippen molar-refractivity contribution in [2.75, 3.05) is 5.32 Å². The minimum absolute atomic E-state index is 0.189. The quantitative estimate of drug-likeness (QED) is 0.588. The topological polar surface area (TPSA) is 103 Å². The van der Waals surface area contributed by atoms with Gasteiger partial charge in [0.05, 0.1) is 12.2 Å². The molecule has 0 saturated heterocycles. The lowest BCUT2D eigenvalue weighted by Crippen LogP contribution is -2.12. The fraction of sp³-hybridized carbons (Fsp3) is 0.0588. The highest BCUT2D eigenvalue weighted by molar-refractivity contribution is 6.04. The summed E-state index contributed by atoms with van der Waals surface area (Å²) in [5.74, 6) is -0.189. The minimum Gasteiger partial charge on any atom is -0.322 e. The van der Waals surface area contributed by atoms with Crippen LogP contribution >= 0.6 is 0 Å². The molecule has 4 rings (SSSR count). The minimum atomic E-state index is -0.189. The van der Waals surface area contributed by atoms with Crippen molar-refractivity contribution in [2.24, 2.45) is 0 Å². The first-order chi connectivity index (χ1) is 12.8. The summed E-state index contributed by atoms with van der Waals surface area (Å²) < 4.78 is 3.24. The van der Waals surface area contributed by atoms with E-state index in [1.165, 1.54) is 17.3 Å². The third kappa shape index (κ3) is 3.46. The van der Waals surface area contributed by atoms with Crippen LogP contribution in [-0.2, 0) is 6.54 Å². The molecule has 1 amide bonds. The van der Waals surface area contributed by atoms with E-state index in [1.807, 2.05) is 30.3 Å². The van der Waals surface area contributed by atoms with Crippen LogP contribution in [0.2, 0.25) is 0 Å². The lowest BCUT2D eigenvalue weighted by Gasteiger charge is -2.08. The molecule has 0 saturated carbocycles. The molecular weight excluding hydrogens is 332 g/mol. The number of anilines is 1. The average molecular weight is 346 g/mol. The van der Waals surface area contributed by atoms with Crippen molar-refractivity contribution >= 4 is 11.6 Å². The normalized spacial score (nSPS) is 10.6. The molecule has 26 heavy (non-hydrogen) atoms. The molecule has 4 aromatic rings. The largest absolute Gasteiger partial charge is 0.322 e. The van der Waals surface area contributed by atoms with E-state index < -0.39 is 0 Å².